The van der Waals surface area contributed by atoms with Gasteiger partial charge in [0, 0.05) is 0 Å². The molecule has 0 spiro atoms. The van der Waals surface area contributed by atoms with E-state index in [4.69, 9.17) is 4.42 Å². The van der Waals surface area contributed by atoms with Crippen molar-refractivity contribution >= 4 is 0 Å². The van der Waals surface area contributed by atoms with Crippen LogP contribution in [-0.2, 0) is 0 Å². The maximum absolute atomic E-state index is 5.89. The van der Waals surface area contributed by atoms with Gasteiger partial charge in [-0.15, -0.1) is 0 Å². The average Bonchev–Trinajstić information content (AvgIpc) is 2.87. The van der Waals surface area contributed by atoms with Gasteiger partial charge < -0.3 is 9.73 Å². The van der Waals surface area contributed by atoms with Gasteiger partial charge in [-0.25, -0.2) is 4.98 Å². The number of rotatable bonds is 4. The van der Waals surface area contributed by atoms with Crippen LogP contribution in [0.3, 0.4) is 0 Å². The van der Waals surface area contributed by atoms with E-state index >= 15 is 0 Å². The zero-order chi connectivity index (χ0) is 12.3. The molecule has 2 unspecified atom stereocenters. The molecule has 1 aromatic rings. The van der Waals surface area contributed by atoms with Crippen molar-refractivity contribution in [1.82, 2.24) is 15.2 Å². The standard InChI is InChI=1S/C13H23N3O/c1-4-16-8-6-5-7-11(16)13-15-9-12(17-13)10(2)14-3/h9-11,14H,4-8H2,1-3H3. The molecule has 17 heavy (non-hydrogen) atoms. The van der Waals surface area contributed by atoms with Gasteiger partial charge in [-0.2, -0.15) is 0 Å². The maximum atomic E-state index is 5.89. The molecule has 1 aromatic heterocycles. The van der Waals surface area contributed by atoms with Crippen LogP contribution in [0.1, 0.15) is 56.8 Å². The number of piperidine rings is 1. The molecule has 4 heteroatoms. The first-order valence-electron chi connectivity index (χ1n) is 6.63. The first kappa shape index (κ1) is 12.6. The average molecular weight is 237 g/mol. The molecule has 0 saturated carbocycles. The van der Waals surface area contributed by atoms with Crippen LogP contribution >= 0.6 is 0 Å². The van der Waals surface area contributed by atoms with Crippen molar-refractivity contribution in [3.63, 3.8) is 0 Å². The molecule has 0 radical (unpaired) electrons. The molecule has 1 aliphatic rings. The summed E-state index contributed by atoms with van der Waals surface area (Å²) in [7, 11) is 1.94. The number of oxazole rings is 1. The second-order valence-electron chi connectivity index (χ2n) is 4.75. The molecule has 1 saturated heterocycles. The lowest BCUT2D eigenvalue weighted by molar-refractivity contribution is 0.130. The summed E-state index contributed by atoms with van der Waals surface area (Å²) in [6, 6.07) is 0.612. The van der Waals surface area contributed by atoms with Crippen LogP contribution in [0.5, 0.6) is 0 Å². The van der Waals surface area contributed by atoms with Gasteiger partial charge in [-0.1, -0.05) is 13.3 Å². The van der Waals surface area contributed by atoms with Crippen LogP contribution in [0.15, 0.2) is 10.6 Å². The molecule has 0 aliphatic carbocycles. The minimum absolute atomic E-state index is 0.231. The largest absolute Gasteiger partial charge is 0.442 e. The van der Waals surface area contributed by atoms with E-state index < -0.39 is 0 Å². The van der Waals surface area contributed by atoms with E-state index in [2.05, 4.69) is 29.0 Å². The Morgan fingerprint density at radius 2 is 2.41 bits per heavy atom. The predicted octanol–water partition coefficient (Wildman–Crippen LogP) is 2.50. The highest BCUT2D eigenvalue weighted by molar-refractivity contribution is 5.03. The van der Waals surface area contributed by atoms with Crippen LogP contribution in [0.4, 0.5) is 0 Å². The van der Waals surface area contributed by atoms with Crippen molar-refractivity contribution in [3.05, 3.63) is 17.8 Å². The summed E-state index contributed by atoms with van der Waals surface area (Å²) in [4.78, 5) is 6.92. The lowest BCUT2D eigenvalue weighted by Crippen LogP contribution is -2.33. The van der Waals surface area contributed by atoms with Crippen molar-refractivity contribution < 1.29 is 4.42 Å². The van der Waals surface area contributed by atoms with Gasteiger partial charge in [0.15, 0.2) is 0 Å². The Labute approximate surface area is 103 Å². The van der Waals surface area contributed by atoms with E-state index in [0.717, 1.165) is 18.2 Å². The number of hydrogen-bond acceptors (Lipinski definition) is 4. The quantitative estimate of drug-likeness (QED) is 0.873. The summed E-state index contributed by atoms with van der Waals surface area (Å²) in [6.45, 7) is 6.53. The van der Waals surface area contributed by atoms with E-state index in [9.17, 15) is 0 Å². The highest BCUT2D eigenvalue weighted by Gasteiger charge is 2.27. The van der Waals surface area contributed by atoms with E-state index in [0.29, 0.717) is 6.04 Å². The molecule has 4 nitrogen and oxygen atoms in total. The Balaban J connectivity index is 2.12. The van der Waals surface area contributed by atoms with Gasteiger partial charge >= 0.3 is 0 Å². The molecule has 1 N–H and O–H groups in total. The SMILES string of the molecule is CCN1CCCCC1c1ncc(C(C)NC)o1. The van der Waals surface area contributed by atoms with Crippen molar-refractivity contribution in [2.45, 2.75) is 45.2 Å². The van der Waals surface area contributed by atoms with Gasteiger partial charge in [-0.05, 0) is 39.9 Å². The second-order valence-corrected chi connectivity index (χ2v) is 4.75. The molecule has 1 fully saturated rings. The summed E-state index contributed by atoms with van der Waals surface area (Å²) in [6.07, 6.45) is 5.60. The highest BCUT2D eigenvalue weighted by Crippen LogP contribution is 2.30. The summed E-state index contributed by atoms with van der Waals surface area (Å²) in [5.74, 6) is 1.83. The third-order valence-electron chi connectivity index (χ3n) is 3.71. The Kier molecular flexibility index (Phi) is 4.18. The topological polar surface area (TPSA) is 41.3 Å². The molecule has 2 rings (SSSR count). The van der Waals surface area contributed by atoms with Crippen molar-refractivity contribution in [2.24, 2.45) is 0 Å². The fraction of sp³-hybridized carbons (Fsp3) is 0.769. The normalized spacial score (nSPS) is 23.8. The molecule has 0 aromatic carbocycles. The Morgan fingerprint density at radius 1 is 1.59 bits per heavy atom. The highest BCUT2D eigenvalue weighted by atomic mass is 16.4. The number of nitrogens with one attached hydrogen (secondary N) is 1. The third-order valence-corrected chi connectivity index (χ3v) is 3.71. The lowest BCUT2D eigenvalue weighted by atomic mass is 10.0. The fourth-order valence-electron chi connectivity index (χ4n) is 2.45. The summed E-state index contributed by atoms with van der Waals surface area (Å²) in [5.41, 5.74) is 0. The van der Waals surface area contributed by atoms with Crippen LogP contribution in [0.2, 0.25) is 0 Å². The zero-order valence-electron chi connectivity index (χ0n) is 11.1. The monoisotopic (exact) mass is 237 g/mol. The first-order chi connectivity index (χ1) is 8.26. The minimum Gasteiger partial charge on any atom is -0.442 e. The number of likely N-dealkylation sites (tertiary alicyclic amines) is 1. The molecule has 1 aliphatic heterocycles. The Morgan fingerprint density at radius 3 is 3.12 bits per heavy atom. The summed E-state index contributed by atoms with van der Waals surface area (Å²) in [5, 5.41) is 3.18. The summed E-state index contributed by atoms with van der Waals surface area (Å²) >= 11 is 0. The van der Waals surface area contributed by atoms with E-state index in [1.165, 1.54) is 25.8 Å². The Bertz CT molecular complexity index is 350. The zero-order valence-corrected chi connectivity index (χ0v) is 11.1. The number of aromatic nitrogens is 1. The molecule has 0 bridgehead atoms. The molecule has 2 atom stereocenters. The van der Waals surface area contributed by atoms with Crippen LogP contribution < -0.4 is 5.32 Å². The molecule has 96 valence electrons. The Hall–Kier alpha value is -0.870. The minimum atomic E-state index is 0.231. The van der Waals surface area contributed by atoms with Gasteiger partial charge in [-0.3, -0.25) is 4.90 Å². The van der Waals surface area contributed by atoms with Crippen LogP contribution in [0.25, 0.3) is 0 Å². The van der Waals surface area contributed by atoms with E-state index in [1.807, 2.05) is 13.2 Å². The smallest absolute Gasteiger partial charge is 0.211 e. The van der Waals surface area contributed by atoms with Crippen LogP contribution in [0, 0.1) is 0 Å². The molecular weight excluding hydrogens is 214 g/mol. The van der Waals surface area contributed by atoms with Gasteiger partial charge in [0.25, 0.3) is 0 Å². The number of nitrogens with zero attached hydrogens (tertiary/aromatic N) is 2. The van der Waals surface area contributed by atoms with Gasteiger partial charge in [0.2, 0.25) is 5.89 Å². The van der Waals surface area contributed by atoms with Crippen molar-refractivity contribution in [2.75, 3.05) is 20.1 Å². The first-order valence-corrected chi connectivity index (χ1v) is 6.63. The fourth-order valence-corrected chi connectivity index (χ4v) is 2.45. The maximum Gasteiger partial charge on any atom is 0.211 e. The molecule has 0 amide bonds. The molecular formula is C13H23N3O. The van der Waals surface area contributed by atoms with E-state index in [-0.39, 0.29) is 6.04 Å². The van der Waals surface area contributed by atoms with Gasteiger partial charge in [0.05, 0.1) is 18.3 Å². The van der Waals surface area contributed by atoms with Crippen molar-refractivity contribution in [1.29, 1.82) is 0 Å². The lowest BCUT2D eigenvalue weighted by Gasteiger charge is -2.32. The number of hydrogen-bond donors (Lipinski definition) is 1. The second kappa shape index (κ2) is 5.65. The van der Waals surface area contributed by atoms with Crippen molar-refractivity contribution in [3.8, 4) is 0 Å². The predicted molar refractivity (Wildman–Crippen MR) is 67.8 cm³/mol. The van der Waals surface area contributed by atoms with Crippen LogP contribution in [-0.4, -0.2) is 30.0 Å². The molecule has 2 heterocycles. The van der Waals surface area contributed by atoms with Gasteiger partial charge in [0.1, 0.15) is 5.76 Å². The third kappa shape index (κ3) is 2.69. The van der Waals surface area contributed by atoms with E-state index in [1.54, 1.807) is 0 Å². The summed E-state index contributed by atoms with van der Waals surface area (Å²) < 4.78 is 5.89.